The Labute approximate surface area is 264 Å². The van der Waals surface area contributed by atoms with Crippen molar-refractivity contribution in [3.05, 3.63) is 133 Å². The Morgan fingerprint density at radius 2 is 1.73 bits per heavy atom. The molecule has 0 amide bonds. The number of rotatable bonds is 9. The lowest BCUT2D eigenvalue weighted by Gasteiger charge is -2.25. The van der Waals surface area contributed by atoms with Crippen LogP contribution in [0.3, 0.4) is 0 Å². The van der Waals surface area contributed by atoms with Crippen molar-refractivity contribution in [2.75, 3.05) is 20.8 Å². The number of allylic oxidation sites excluding steroid dienone is 1. The number of ether oxygens (including phenoxy) is 4. The van der Waals surface area contributed by atoms with Crippen LogP contribution in [0.15, 0.2) is 106 Å². The van der Waals surface area contributed by atoms with Gasteiger partial charge in [0, 0.05) is 0 Å². The van der Waals surface area contributed by atoms with E-state index in [0.717, 1.165) is 21.9 Å². The maximum Gasteiger partial charge on any atom is 0.338 e. The first-order chi connectivity index (χ1) is 21.9. The summed E-state index contributed by atoms with van der Waals surface area (Å²) in [6.45, 7) is 4.11. The zero-order valence-corrected chi connectivity index (χ0v) is 26.2. The summed E-state index contributed by atoms with van der Waals surface area (Å²) >= 11 is 1.27. The Balaban J connectivity index is 1.39. The highest BCUT2D eigenvalue weighted by molar-refractivity contribution is 7.07. The van der Waals surface area contributed by atoms with Gasteiger partial charge in [-0.2, -0.15) is 0 Å². The fourth-order valence-corrected chi connectivity index (χ4v) is 6.60. The minimum Gasteiger partial charge on any atom is -0.493 e. The number of methoxy groups -OCH3 is 2. The molecule has 0 saturated heterocycles. The van der Waals surface area contributed by atoms with Gasteiger partial charge in [0.15, 0.2) is 16.3 Å². The minimum atomic E-state index is -0.766. The molecule has 9 heteroatoms. The smallest absolute Gasteiger partial charge is 0.338 e. The molecule has 0 saturated carbocycles. The van der Waals surface area contributed by atoms with Crippen LogP contribution in [0.5, 0.6) is 17.2 Å². The van der Waals surface area contributed by atoms with Crippen molar-refractivity contribution in [3.63, 3.8) is 0 Å². The number of aromatic nitrogens is 1. The van der Waals surface area contributed by atoms with Crippen molar-refractivity contribution in [2.24, 2.45) is 4.99 Å². The third-order valence-electron chi connectivity index (χ3n) is 7.67. The van der Waals surface area contributed by atoms with Gasteiger partial charge in [0.25, 0.3) is 5.56 Å². The van der Waals surface area contributed by atoms with Crippen LogP contribution in [0.2, 0.25) is 0 Å². The summed E-state index contributed by atoms with van der Waals surface area (Å²) in [6, 6.07) is 26.6. The third-order valence-corrected chi connectivity index (χ3v) is 8.65. The second-order valence-corrected chi connectivity index (χ2v) is 11.4. The van der Waals surface area contributed by atoms with Gasteiger partial charge in [0.05, 0.1) is 42.7 Å². The molecule has 6 rings (SSSR count). The van der Waals surface area contributed by atoms with Crippen molar-refractivity contribution < 1.29 is 23.7 Å². The van der Waals surface area contributed by atoms with Gasteiger partial charge >= 0.3 is 5.97 Å². The largest absolute Gasteiger partial charge is 0.493 e. The maximum absolute atomic E-state index is 14.1. The zero-order valence-electron chi connectivity index (χ0n) is 25.4. The summed E-state index contributed by atoms with van der Waals surface area (Å²) in [4.78, 5) is 32.4. The predicted molar refractivity (Wildman–Crippen MR) is 175 cm³/mol. The average molecular weight is 621 g/mol. The first-order valence-electron chi connectivity index (χ1n) is 14.5. The van der Waals surface area contributed by atoms with E-state index in [1.54, 1.807) is 44.8 Å². The van der Waals surface area contributed by atoms with Crippen molar-refractivity contribution in [3.8, 4) is 17.2 Å². The quantitative estimate of drug-likeness (QED) is 0.201. The summed E-state index contributed by atoms with van der Waals surface area (Å²) in [6.07, 6.45) is 1.82. The van der Waals surface area contributed by atoms with Crippen LogP contribution in [0.25, 0.3) is 16.8 Å². The lowest BCUT2D eigenvalue weighted by atomic mass is 9.95. The molecule has 1 aliphatic rings. The van der Waals surface area contributed by atoms with Crippen LogP contribution in [-0.4, -0.2) is 31.4 Å². The molecule has 5 aromatic rings. The predicted octanol–water partition coefficient (Wildman–Crippen LogP) is 5.55. The number of hydrogen-bond donors (Lipinski definition) is 0. The normalized spacial score (nSPS) is 14.6. The van der Waals surface area contributed by atoms with E-state index in [-0.39, 0.29) is 12.2 Å². The highest BCUT2D eigenvalue weighted by atomic mass is 32.1. The first kappa shape index (κ1) is 29.9. The number of benzene rings is 4. The number of carbonyl (C=O) groups excluding carboxylic acids is 1. The van der Waals surface area contributed by atoms with Gasteiger partial charge < -0.3 is 18.9 Å². The molecule has 45 heavy (non-hydrogen) atoms. The van der Waals surface area contributed by atoms with Crippen LogP contribution in [0.4, 0.5) is 0 Å². The van der Waals surface area contributed by atoms with E-state index in [2.05, 4.69) is 29.3 Å². The van der Waals surface area contributed by atoms with Gasteiger partial charge in [0.1, 0.15) is 12.4 Å². The molecule has 0 radical (unpaired) electrons. The van der Waals surface area contributed by atoms with Gasteiger partial charge in [-0.15, -0.1) is 0 Å². The second-order valence-electron chi connectivity index (χ2n) is 10.4. The van der Waals surface area contributed by atoms with Gasteiger partial charge in [-0.25, -0.2) is 9.79 Å². The average Bonchev–Trinajstić information content (AvgIpc) is 3.36. The summed E-state index contributed by atoms with van der Waals surface area (Å²) in [7, 11) is 3.10. The van der Waals surface area contributed by atoms with Gasteiger partial charge in [-0.05, 0) is 71.7 Å². The topological polar surface area (TPSA) is 88.4 Å². The molecule has 0 unspecified atom stereocenters. The molecular weight excluding hydrogens is 588 g/mol. The summed E-state index contributed by atoms with van der Waals surface area (Å²) in [5.41, 5.74) is 3.09. The summed E-state index contributed by atoms with van der Waals surface area (Å²) in [5.74, 6) is 1.18. The van der Waals surface area contributed by atoms with E-state index >= 15 is 0 Å². The Kier molecular flexibility index (Phi) is 8.53. The fraction of sp³-hybridized carbons (Fsp3) is 0.194. The van der Waals surface area contributed by atoms with Crippen LogP contribution in [0.1, 0.15) is 36.6 Å². The van der Waals surface area contributed by atoms with Crippen molar-refractivity contribution in [2.45, 2.75) is 26.5 Å². The van der Waals surface area contributed by atoms with E-state index in [9.17, 15) is 9.59 Å². The van der Waals surface area contributed by atoms with Gasteiger partial charge in [-0.1, -0.05) is 72.0 Å². The molecule has 228 valence electrons. The molecule has 0 spiro atoms. The summed E-state index contributed by atoms with van der Waals surface area (Å²) in [5, 5.41) is 2.31. The van der Waals surface area contributed by atoms with E-state index in [1.165, 1.54) is 11.3 Å². The highest BCUT2D eigenvalue weighted by Gasteiger charge is 2.34. The zero-order chi connectivity index (χ0) is 31.5. The highest BCUT2D eigenvalue weighted by Crippen LogP contribution is 2.36. The number of carbonyl (C=O) groups is 1. The van der Waals surface area contributed by atoms with E-state index in [4.69, 9.17) is 18.9 Å². The Morgan fingerprint density at radius 3 is 2.53 bits per heavy atom. The van der Waals surface area contributed by atoms with Crippen molar-refractivity contribution >= 4 is 34.2 Å². The van der Waals surface area contributed by atoms with Gasteiger partial charge in [0.2, 0.25) is 0 Å². The molecule has 8 nitrogen and oxygen atoms in total. The Hall–Kier alpha value is -5.15. The minimum absolute atomic E-state index is 0.192. The SMILES string of the molecule is CCOC(=O)C1=C(C)N=c2s/c(=C/c3cccc(OCc4cccc5ccccc45)c3)c(=O)n2[C@@H]1c1ccc(OC)c(OC)c1. The molecule has 1 aromatic heterocycles. The molecule has 2 heterocycles. The Morgan fingerprint density at radius 1 is 0.956 bits per heavy atom. The van der Waals surface area contributed by atoms with Crippen LogP contribution >= 0.6 is 11.3 Å². The number of esters is 1. The van der Waals surface area contributed by atoms with E-state index in [0.29, 0.717) is 50.0 Å². The van der Waals surface area contributed by atoms with Crippen molar-refractivity contribution in [1.29, 1.82) is 0 Å². The molecular formula is C36H32N2O6S. The van der Waals surface area contributed by atoms with E-state index < -0.39 is 12.0 Å². The lowest BCUT2D eigenvalue weighted by molar-refractivity contribution is -0.139. The van der Waals surface area contributed by atoms with Crippen LogP contribution in [0, 0.1) is 0 Å². The molecule has 0 fully saturated rings. The number of hydrogen-bond acceptors (Lipinski definition) is 8. The number of thiazole rings is 1. The van der Waals surface area contributed by atoms with Crippen molar-refractivity contribution in [1.82, 2.24) is 4.57 Å². The monoisotopic (exact) mass is 620 g/mol. The first-order valence-corrected chi connectivity index (χ1v) is 15.3. The Bertz CT molecular complexity index is 2120. The maximum atomic E-state index is 14.1. The molecule has 4 aromatic carbocycles. The molecule has 0 aliphatic carbocycles. The molecule has 1 atom stereocenters. The summed E-state index contributed by atoms with van der Waals surface area (Å²) < 4.78 is 24.6. The van der Waals surface area contributed by atoms with E-state index in [1.807, 2.05) is 54.6 Å². The van der Waals surface area contributed by atoms with Crippen LogP contribution in [-0.2, 0) is 16.1 Å². The number of nitrogens with zero attached hydrogens (tertiary/aromatic N) is 2. The standard InChI is InChI=1S/C36H32N2O6S/c1-5-43-35(40)32-22(2)37-36-38(33(32)25-16-17-29(41-3)30(20-25)42-4)34(39)31(45-36)19-23-10-8-14-27(18-23)44-21-26-13-9-12-24-11-6-7-15-28(24)26/h6-20,33H,5,21H2,1-4H3/b31-19+/t33-/m1/s1. The number of fused-ring (bicyclic) bond motifs is 2. The lowest BCUT2D eigenvalue weighted by Crippen LogP contribution is -2.39. The fourth-order valence-electron chi connectivity index (χ4n) is 5.55. The molecule has 1 aliphatic heterocycles. The van der Waals surface area contributed by atoms with Gasteiger partial charge in [-0.3, -0.25) is 9.36 Å². The molecule has 0 N–H and O–H groups in total. The molecule has 0 bridgehead atoms. The second kappa shape index (κ2) is 12.8. The van der Waals surface area contributed by atoms with Crippen LogP contribution < -0.4 is 29.1 Å². The third kappa shape index (κ3) is 5.86.